The number of anilines is 1. The summed E-state index contributed by atoms with van der Waals surface area (Å²) in [6, 6.07) is 5.34. The predicted molar refractivity (Wildman–Crippen MR) is 58.0 cm³/mol. The molecule has 2 N–H and O–H groups in total. The molecule has 4 nitrogen and oxygen atoms in total. The lowest BCUT2D eigenvalue weighted by Gasteiger charge is -2.23. The highest BCUT2D eigenvalue weighted by atomic mass is 19.4. The summed E-state index contributed by atoms with van der Waals surface area (Å²) < 4.78 is 39.8. The van der Waals surface area contributed by atoms with E-state index in [4.69, 9.17) is 5.73 Å². The number of alkyl halides is 3. The zero-order valence-corrected chi connectivity index (χ0v) is 9.28. The molecule has 0 radical (unpaired) electrons. The maximum absolute atomic E-state index is 12.0. The van der Waals surface area contributed by atoms with Gasteiger partial charge in [-0.15, -0.1) is 13.2 Å². The molecule has 0 fully saturated rings. The minimum atomic E-state index is -4.71. The first-order valence-electron chi connectivity index (χ1n) is 5.26. The van der Waals surface area contributed by atoms with Gasteiger partial charge in [-0.25, -0.2) is 4.79 Å². The fourth-order valence-electron chi connectivity index (χ4n) is 2.08. The Morgan fingerprint density at radius 2 is 2.11 bits per heavy atom. The van der Waals surface area contributed by atoms with E-state index in [1.165, 1.54) is 0 Å². The van der Waals surface area contributed by atoms with Gasteiger partial charge in [-0.05, 0) is 18.1 Å². The summed E-state index contributed by atoms with van der Waals surface area (Å²) in [5.41, 5.74) is 6.52. The van der Waals surface area contributed by atoms with Crippen LogP contribution in [0, 0.1) is 0 Å². The lowest BCUT2D eigenvalue weighted by molar-refractivity contribution is -0.325. The van der Waals surface area contributed by atoms with Gasteiger partial charge in [0.1, 0.15) is 0 Å². The van der Waals surface area contributed by atoms with E-state index in [9.17, 15) is 18.0 Å². The van der Waals surface area contributed by atoms with Crippen LogP contribution in [0.5, 0.6) is 0 Å². The smallest absolute Gasteiger partial charge is 0.351 e. The van der Waals surface area contributed by atoms with E-state index in [1.54, 1.807) is 24.3 Å². The second-order valence-electron chi connectivity index (χ2n) is 3.95. The van der Waals surface area contributed by atoms with Gasteiger partial charge in [0.2, 0.25) is 0 Å². The molecule has 0 aromatic heterocycles. The molecule has 98 valence electrons. The van der Waals surface area contributed by atoms with Crippen molar-refractivity contribution in [3.8, 4) is 0 Å². The van der Waals surface area contributed by atoms with Gasteiger partial charge in [0.25, 0.3) is 0 Å². The van der Waals surface area contributed by atoms with Crippen molar-refractivity contribution in [3.05, 3.63) is 29.8 Å². The highest BCUT2D eigenvalue weighted by molar-refractivity contribution is 5.93. The number of nitrogens with two attached hydrogens (primary N) is 1. The molecule has 2 rings (SSSR count). The minimum Gasteiger partial charge on any atom is -0.351 e. The number of carbonyl (C=O) groups is 1. The minimum absolute atomic E-state index is 0.301. The van der Waals surface area contributed by atoms with Gasteiger partial charge in [-0.1, -0.05) is 18.2 Å². The van der Waals surface area contributed by atoms with Gasteiger partial charge in [0, 0.05) is 5.69 Å². The Morgan fingerprint density at radius 1 is 1.44 bits per heavy atom. The SMILES string of the molecule is NC(=O)N1c2ccccc2CC1COC(F)(F)F. The number of fused-ring (bicyclic) bond motifs is 1. The van der Waals surface area contributed by atoms with Crippen LogP contribution in [0.4, 0.5) is 23.7 Å². The van der Waals surface area contributed by atoms with E-state index in [1.807, 2.05) is 0 Å². The third-order valence-electron chi connectivity index (χ3n) is 2.75. The van der Waals surface area contributed by atoms with Gasteiger partial charge in [-0.3, -0.25) is 9.64 Å². The van der Waals surface area contributed by atoms with Crippen LogP contribution < -0.4 is 10.6 Å². The van der Waals surface area contributed by atoms with Crippen molar-refractivity contribution in [2.75, 3.05) is 11.5 Å². The topological polar surface area (TPSA) is 55.6 Å². The van der Waals surface area contributed by atoms with Crippen LogP contribution in [0.2, 0.25) is 0 Å². The molecule has 1 aliphatic heterocycles. The molecule has 1 aromatic rings. The quantitative estimate of drug-likeness (QED) is 0.884. The van der Waals surface area contributed by atoms with Crippen LogP contribution in [0.15, 0.2) is 24.3 Å². The highest BCUT2D eigenvalue weighted by Crippen LogP contribution is 2.32. The van der Waals surface area contributed by atoms with Crippen LogP contribution in [-0.2, 0) is 11.2 Å². The Morgan fingerprint density at radius 3 is 2.72 bits per heavy atom. The summed E-state index contributed by atoms with van der Waals surface area (Å²) in [6.07, 6.45) is -4.41. The maximum Gasteiger partial charge on any atom is 0.522 e. The molecular formula is C11H11F3N2O2. The summed E-state index contributed by atoms with van der Waals surface area (Å²) in [4.78, 5) is 12.5. The number of rotatable bonds is 2. The largest absolute Gasteiger partial charge is 0.522 e. The van der Waals surface area contributed by atoms with Crippen molar-refractivity contribution in [2.45, 2.75) is 18.8 Å². The fourth-order valence-corrected chi connectivity index (χ4v) is 2.08. The number of benzene rings is 1. The highest BCUT2D eigenvalue weighted by Gasteiger charge is 2.37. The second kappa shape index (κ2) is 4.49. The number of nitrogens with zero attached hydrogens (tertiary/aromatic N) is 1. The molecule has 1 aliphatic rings. The second-order valence-corrected chi connectivity index (χ2v) is 3.95. The van der Waals surface area contributed by atoms with Crippen LogP contribution >= 0.6 is 0 Å². The van der Waals surface area contributed by atoms with Crippen LogP contribution in [0.3, 0.4) is 0 Å². The number of hydrogen-bond acceptors (Lipinski definition) is 2. The monoisotopic (exact) mass is 260 g/mol. The van der Waals surface area contributed by atoms with E-state index < -0.39 is 25.0 Å². The molecule has 2 amide bonds. The lowest BCUT2D eigenvalue weighted by Crippen LogP contribution is -2.44. The van der Waals surface area contributed by atoms with Crippen molar-refractivity contribution in [1.82, 2.24) is 0 Å². The molecule has 7 heteroatoms. The molecule has 0 saturated heterocycles. The average Bonchev–Trinajstić information content (AvgIpc) is 2.63. The van der Waals surface area contributed by atoms with Gasteiger partial charge >= 0.3 is 12.4 Å². The van der Waals surface area contributed by atoms with Crippen LogP contribution in [0.1, 0.15) is 5.56 Å². The number of primary amides is 1. The number of ether oxygens (including phenoxy) is 1. The predicted octanol–water partition coefficient (Wildman–Crippen LogP) is 2.03. The molecular weight excluding hydrogens is 249 g/mol. The molecule has 0 saturated carbocycles. The molecule has 1 aromatic carbocycles. The number of urea groups is 1. The van der Waals surface area contributed by atoms with E-state index >= 15 is 0 Å². The standard InChI is InChI=1S/C11H11F3N2O2/c12-11(13,14)18-6-8-5-7-3-1-2-4-9(7)16(8)10(15)17/h1-4,8H,5-6H2,(H2,15,17). The number of halogens is 3. The van der Waals surface area contributed by atoms with E-state index in [0.29, 0.717) is 12.1 Å². The third-order valence-corrected chi connectivity index (χ3v) is 2.75. The number of hydrogen-bond donors (Lipinski definition) is 1. The van der Waals surface area contributed by atoms with E-state index in [-0.39, 0.29) is 0 Å². The normalized spacial score (nSPS) is 18.8. The molecule has 18 heavy (non-hydrogen) atoms. The van der Waals surface area contributed by atoms with Gasteiger partial charge < -0.3 is 5.73 Å². The Bertz CT molecular complexity index is 462. The zero-order valence-electron chi connectivity index (χ0n) is 9.28. The summed E-state index contributed by atoms with van der Waals surface area (Å²) in [5, 5.41) is 0. The van der Waals surface area contributed by atoms with Gasteiger partial charge in [0.15, 0.2) is 0 Å². The Balaban J connectivity index is 2.17. The van der Waals surface area contributed by atoms with E-state index in [0.717, 1.165) is 10.5 Å². The van der Waals surface area contributed by atoms with E-state index in [2.05, 4.69) is 4.74 Å². The van der Waals surface area contributed by atoms with Gasteiger partial charge in [-0.2, -0.15) is 0 Å². The molecule has 0 aliphatic carbocycles. The van der Waals surface area contributed by atoms with Crippen molar-refractivity contribution in [1.29, 1.82) is 0 Å². The summed E-state index contributed by atoms with van der Waals surface area (Å²) in [6.45, 7) is -0.624. The Kier molecular flexibility index (Phi) is 3.16. The third kappa shape index (κ3) is 2.56. The summed E-state index contributed by atoms with van der Waals surface area (Å²) in [7, 11) is 0. The van der Waals surface area contributed by atoms with Crippen molar-refractivity contribution in [2.24, 2.45) is 5.73 Å². The Hall–Kier alpha value is -1.76. The van der Waals surface area contributed by atoms with Crippen molar-refractivity contribution >= 4 is 11.7 Å². The number of carbonyl (C=O) groups excluding carboxylic acids is 1. The Labute approximate surface area is 101 Å². The average molecular weight is 260 g/mol. The van der Waals surface area contributed by atoms with Gasteiger partial charge in [0.05, 0.1) is 12.6 Å². The van der Waals surface area contributed by atoms with Crippen molar-refractivity contribution < 1.29 is 22.7 Å². The molecule has 1 heterocycles. The molecule has 0 spiro atoms. The first-order valence-corrected chi connectivity index (χ1v) is 5.26. The molecule has 1 unspecified atom stereocenters. The first-order chi connectivity index (χ1) is 8.38. The first kappa shape index (κ1) is 12.7. The number of amides is 2. The fraction of sp³-hybridized carbons (Fsp3) is 0.364. The zero-order chi connectivity index (χ0) is 13.3. The van der Waals surface area contributed by atoms with Crippen LogP contribution in [0.25, 0.3) is 0 Å². The maximum atomic E-state index is 12.0. The summed E-state index contributed by atoms with van der Waals surface area (Å²) >= 11 is 0. The summed E-state index contributed by atoms with van der Waals surface area (Å²) in [5.74, 6) is 0. The molecule has 0 bridgehead atoms. The van der Waals surface area contributed by atoms with Crippen molar-refractivity contribution in [3.63, 3.8) is 0 Å². The molecule has 1 atom stereocenters. The van der Waals surface area contributed by atoms with Crippen LogP contribution in [-0.4, -0.2) is 25.0 Å². The number of para-hydroxylation sites is 1. The lowest BCUT2D eigenvalue weighted by atomic mass is 10.1.